The van der Waals surface area contributed by atoms with Crippen molar-refractivity contribution >= 4 is 19.2 Å². The Morgan fingerprint density at radius 2 is 2.04 bits per heavy atom. The third-order valence-electron chi connectivity index (χ3n) is 4.72. The van der Waals surface area contributed by atoms with E-state index >= 15 is 0 Å². The van der Waals surface area contributed by atoms with Crippen LogP contribution in [-0.2, 0) is 10.8 Å². The topological polar surface area (TPSA) is 47.1 Å². The lowest BCUT2D eigenvalue weighted by atomic mass is 10.1. The molecule has 0 amide bonds. The first-order chi connectivity index (χ1) is 11.1. The molecule has 0 bridgehead atoms. The first-order valence-corrected chi connectivity index (χ1v) is 11.3. The number of H-pyrrole nitrogens is 1. The Morgan fingerprint density at radius 3 is 2.67 bits per heavy atom. The maximum atomic E-state index is 6.45. The van der Waals surface area contributed by atoms with E-state index in [1.54, 1.807) is 0 Å². The minimum atomic E-state index is -1.78. The number of hydrogen-bond acceptors (Lipinski definition) is 3. The molecule has 1 heterocycles. The maximum absolute atomic E-state index is 6.45. The van der Waals surface area contributed by atoms with E-state index in [1.165, 1.54) is 0 Å². The van der Waals surface area contributed by atoms with Gasteiger partial charge in [0.05, 0.1) is 11.2 Å². The van der Waals surface area contributed by atoms with E-state index in [9.17, 15) is 0 Å². The Labute approximate surface area is 146 Å². The van der Waals surface area contributed by atoms with E-state index in [2.05, 4.69) is 56.9 Å². The SMILES string of the molecule is C#CCOc1ccc2[nH]nc(C[C@@H](C)O[Si](C)(C)C(C)(C)C)c2c1. The predicted molar refractivity (Wildman–Crippen MR) is 102 cm³/mol. The number of benzene rings is 1. The van der Waals surface area contributed by atoms with Gasteiger partial charge in [0.2, 0.25) is 0 Å². The van der Waals surface area contributed by atoms with Crippen molar-refractivity contribution in [3.8, 4) is 18.1 Å². The van der Waals surface area contributed by atoms with Crippen molar-refractivity contribution in [3.63, 3.8) is 0 Å². The molecule has 1 atom stereocenters. The summed E-state index contributed by atoms with van der Waals surface area (Å²) >= 11 is 0. The molecule has 0 saturated carbocycles. The van der Waals surface area contributed by atoms with Crippen LogP contribution in [0.4, 0.5) is 0 Å². The Morgan fingerprint density at radius 1 is 1.33 bits per heavy atom. The van der Waals surface area contributed by atoms with E-state index in [0.717, 1.165) is 28.8 Å². The number of nitrogens with one attached hydrogen (secondary N) is 1. The molecule has 0 saturated heterocycles. The summed E-state index contributed by atoms with van der Waals surface area (Å²) in [7, 11) is -1.78. The van der Waals surface area contributed by atoms with Gasteiger partial charge in [0, 0.05) is 17.9 Å². The highest BCUT2D eigenvalue weighted by atomic mass is 28.4. The van der Waals surface area contributed by atoms with Crippen LogP contribution in [0.2, 0.25) is 18.1 Å². The molecule has 0 spiro atoms. The molecule has 2 aromatic rings. The molecule has 1 aromatic carbocycles. The Hall–Kier alpha value is -1.77. The molecule has 24 heavy (non-hydrogen) atoms. The van der Waals surface area contributed by atoms with E-state index in [4.69, 9.17) is 15.6 Å². The van der Waals surface area contributed by atoms with Gasteiger partial charge in [0.25, 0.3) is 0 Å². The third-order valence-corrected chi connectivity index (χ3v) is 9.32. The van der Waals surface area contributed by atoms with Crippen molar-refractivity contribution in [1.82, 2.24) is 10.2 Å². The molecule has 2 rings (SSSR count). The van der Waals surface area contributed by atoms with Gasteiger partial charge in [-0.25, -0.2) is 0 Å². The van der Waals surface area contributed by atoms with Gasteiger partial charge in [-0.15, -0.1) is 6.42 Å². The number of ether oxygens (including phenoxy) is 1. The summed E-state index contributed by atoms with van der Waals surface area (Å²) in [5, 5.41) is 8.81. The van der Waals surface area contributed by atoms with Gasteiger partial charge in [0.1, 0.15) is 12.4 Å². The van der Waals surface area contributed by atoms with Crippen molar-refractivity contribution in [3.05, 3.63) is 23.9 Å². The summed E-state index contributed by atoms with van der Waals surface area (Å²) < 4.78 is 12.0. The Balaban J connectivity index is 2.16. The predicted octanol–water partition coefficient (Wildman–Crippen LogP) is 4.53. The average molecular weight is 345 g/mol. The largest absolute Gasteiger partial charge is 0.481 e. The van der Waals surface area contributed by atoms with E-state index in [-0.39, 0.29) is 17.7 Å². The summed E-state index contributed by atoms with van der Waals surface area (Å²) in [6, 6.07) is 5.86. The molecule has 0 aliphatic rings. The van der Waals surface area contributed by atoms with E-state index in [0.29, 0.717) is 0 Å². The molecule has 0 radical (unpaired) electrons. The number of hydrogen-bond donors (Lipinski definition) is 1. The van der Waals surface area contributed by atoms with Crippen molar-refractivity contribution in [2.75, 3.05) is 6.61 Å². The smallest absolute Gasteiger partial charge is 0.192 e. The lowest BCUT2D eigenvalue weighted by molar-refractivity contribution is 0.198. The summed E-state index contributed by atoms with van der Waals surface area (Å²) in [5.74, 6) is 3.25. The monoisotopic (exact) mass is 344 g/mol. The second kappa shape index (κ2) is 7.00. The van der Waals surface area contributed by atoms with Gasteiger partial charge in [-0.2, -0.15) is 5.10 Å². The molecule has 4 nitrogen and oxygen atoms in total. The highest BCUT2D eigenvalue weighted by Gasteiger charge is 2.38. The lowest BCUT2D eigenvalue weighted by Gasteiger charge is -2.38. The van der Waals surface area contributed by atoms with Gasteiger partial charge in [0.15, 0.2) is 8.32 Å². The van der Waals surface area contributed by atoms with E-state index < -0.39 is 8.32 Å². The number of nitrogens with zero attached hydrogens (tertiary/aromatic N) is 1. The van der Waals surface area contributed by atoms with Gasteiger partial charge >= 0.3 is 0 Å². The third kappa shape index (κ3) is 4.19. The Kier molecular flexibility index (Phi) is 5.41. The van der Waals surface area contributed by atoms with Crippen LogP contribution < -0.4 is 4.74 Å². The zero-order valence-electron chi connectivity index (χ0n) is 15.6. The minimum Gasteiger partial charge on any atom is -0.481 e. The molecule has 5 heteroatoms. The second-order valence-electron chi connectivity index (χ2n) is 7.76. The zero-order chi connectivity index (χ0) is 18.0. The summed E-state index contributed by atoms with van der Waals surface area (Å²) in [6.45, 7) is 13.7. The fourth-order valence-corrected chi connectivity index (χ4v) is 3.85. The van der Waals surface area contributed by atoms with Gasteiger partial charge in [-0.05, 0) is 43.3 Å². The summed E-state index contributed by atoms with van der Waals surface area (Å²) in [5.41, 5.74) is 2.00. The minimum absolute atomic E-state index is 0.118. The fraction of sp³-hybridized carbons (Fsp3) is 0.526. The van der Waals surface area contributed by atoms with Crippen molar-refractivity contribution in [2.45, 2.75) is 58.4 Å². The first kappa shape index (κ1) is 18.6. The van der Waals surface area contributed by atoms with Gasteiger partial charge < -0.3 is 9.16 Å². The van der Waals surface area contributed by atoms with Crippen LogP contribution in [0.15, 0.2) is 18.2 Å². The van der Waals surface area contributed by atoms with Crippen molar-refractivity contribution in [2.24, 2.45) is 0 Å². The molecule has 1 aromatic heterocycles. The van der Waals surface area contributed by atoms with Crippen molar-refractivity contribution < 1.29 is 9.16 Å². The number of aromatic amines is 1. The molecule has 0 aliphatic heterocycles. The van der Waals surface area contributed by atoms with E-state index in [1.807, 2.05) is 18.2 Å². The molecule has 0 fully saturated rings. The lowest BCUT2D eigenvalue weighted by Crippen LogP contribution is -2.43. The Bertz CT molecular complexity index is 738. The molecule has 1 N–H and O–H groups in total. The quantitative estimate of drug-likeness (QED) is 0.619. The number of rotatable bonds is 6. The summed E-state index contributed by atoms with van der Waals surface area (Å²) in [6.07, 6.45) is 6.14. The number of terminal acetylenes is 1. The average Bonchev–Trinajstić information content (AvgIpc) is 2.85. The van der Waals surface area contributed by atoms with Crippen LogP contribution in [0, 0.1) is 12.3 Å². The molecular weight excluding hydrogens is 316 g/mol. The molecule has 0 aliphatic carbocycles. The van der Waals surface area contributed by atoms with Crippen molar-refractivity contribution in [1.29, 1.82) is 0 Å². The molecule has 130 valence electrons. The molecular formula is C19H28N2O2Si. The highest BCUT2D eigenvalue weighted by molar-refractivity contribution is 6.74. The maximum Gasteiger partial charge on any atom is 0.192 e. The van der Waals surface area contributed by atoms with Crippen LogP contribution in [0.3, 0.4) is 0 Å². The van der Waals surface area contributed by atoms with Gasteiger partial charge in [-0.1, -0.05) is 26.7 Å². The number of aromatic nitrogens is 2. The standard InChI is InChI=1S/C19H28N2O2Si/c1-8-11-22-15-9-10-17-16(13-15)18(21-20-17)12-14(2)23-24(6,7)19(3,4)5/h1,9-10,13-14H,11-12H2,2-7H3,(H,20,21)/t14-/m1/s1. The summed E-state index contributed by atoms with van der Waals surface area (Å²) in [4.78, 5) is 0. The van der Waals surface area contributed by atoms with Gasteiger partial charge in [-0.3, -0.25) is 5.10 Å². The van der Waals surface area contributed by atoms with Crippen LogP contribution in [-0.4, -0.2) is 31.2 Å². The second-order valence-corrected chi connectivity index (χ2v) is 12.5. The number of fused-ring (bicyclic) bond motifs is 1. The zero-order valence-corrected chi connectivity index (χ0v) is 16.6. The highest BCUT2D eigenvalue weighted by Crippen LogP contribution is 2.37. The fourth-order valence-electron chi connectivity index (χ4n) is 2.41. The van der Waals surface area contributed by atoms with Crippen LogP contribution in [0.5, 0.6) is 5.75 Å². The molecule has 0 unspecified atom stereocenters. The normalized spacial score (nSPS) is 13.7. The first-order valence-electron chi connectivity index (χ1n) is 8.35. The van der Waals surface area contributed by atoms with Crippen LogP contribution in [0.1, 0.15) is 33.4 Å². The van der Waals surface area contributed by atoms with Crippen LogP contribution >= 0.6 is 0 Å². The van der Waals surface area contributed by atoms with Crippen LogP contribution in [0.25, 0.3) is 10.9 Å².